The molecular weight excluding hydrogens is 486 g/mol. The van der Waals surface area contributed by atoms with Gasteiger partial charge in [-0.3, -0.25) is 0 Å². The van der Waals surface area contributed by atoms with Crippen molar-refractivity contribution in [3.8, 4) is 0 Å². The lowest BCUT2D eigenvalue weighted by molar-refractivity contribution is 0.00578. The molecule has 0 amide bonds. The van der Waals surface area contributed by atoms with Gasteiger partial charge in [-0.25, -0.2) is 0 Å². The molecule has 1 aromatic heterocycles. The molecule has 5 nitrogen and oxygen atoms in total. The smallest absolute Gasteiger partial charge is 0.455 e. The summed E-state index contributed by atoms with van der Waals surface area (Å²) in [5.41, 5.74) is 2.08. The topological polar surface area (TPSA) is 50.1 Å². The van der Waals surface area contributed by atoms with Crippen LogP contribution in [-0.4, -0.2) is 36.6 Å². The van der Waals surface area contributed by atoms with E-state index in [-0.39, 0.29) is 0 Å². The lowest BCUT2D eigenvalue weighted by Crippen LogP contribution is -2.41. The molecule has 4 aromatic carbocycles. The number of hydrogen-bond acceptors (Lipinski definition) is 5. The molecule has 0 atom stereocenters. The summed E-state index contributed by atoms with van der Waals surface area (Å²) in [6.45, 7) is 16.7. The zero-order valence-electron chi connectivity index (χ0n) is 24.0. The minimum absolute atomic E-state index is 0.405. The summed E-state index contributed by atoms with van der Waals surface area (Å²) in [6.07, 6.45) is 0. The Morgan fingerprint density at radius 3 is 1.49 bits per heavy atom. The minimum Gasteiger partial charge on any atom is -0.455 e. The van der Waals surface area contributed by atoms with Crippen molar-refractivity contribution in [3.05, 3.63) is 60.7 Å². The minimum atomic E-state index is -0.444. The van der Waals surface area contributed by atoms with Crippen LogP contribution in [-0.2, 0) is 18.6 Å². The van der Waals surface area contributed by atoms with E-state index in [1.165, 1.54) is 0 Å². The summed E-state index contributed by atoms with van der Waals surface area (Å²) in [7, 11) is -0.880. The lowest BCUT2D eigenvalue weighted by Gasteiger charge is -2.32. The molecule has 0 unspecified atom stereocenters. The van der Waals surface area contributed by atoms with Crippen molar-refractivity contribution in [2.75, 3.05) is 0 Å². The van der Waals surface area contributed by atoms with E-state index < -0.39 is 36.6 Å². The van der Waals surface area contributed by atoms with Crippen LogP contribution in [0.25, 0.3) is 43.5 Å². The molecule has 3 heterocycles. The molecule has 0 radical (unpaired) electrons. The molecule has 0 spiro atoms. The first kappa shape index (κ1) is 25.2. The largest absolute Gasteiger partial charge is 0.494 e. The average Bonchev–Trinajstić information content (AvgIpc) is 3.44. The zero-order valence-corrected chi connectivity index (χ0v) is 24.0. The first-order chi connectivity index (χ1) is 18.3. The fourth-order valence-electron chi connectivity index (χ4n) is 5.74. The first-order valence-corrected chi connectivity index (χ1v) is 13.8. The molecule has 0 N–H and O–H groups in total. The van der Waals surface area contributed by atoms with E-state index in [4.69, 9.17) is 23.0 Å². The molecule has 2 aliphatic rings. The molecule has 2 saturated heterocycles. The number of fused-ring (bicyclic) bond motifs is 8. The highest BCUT2D eigenvalue weighted by Gasteiger charge is 2.52. The van der Waals surface area contributed by atoms with Crippen molar-refractivity contribution in [2.24, 2.45) is 0 Å². The standard InChI is InChI=1S/C32H34B2O5/c1-29(2)30(3,4)37-33(36-29)19-13-15-21-22-16-14-20(34-38-31(5,6)32(7,8)39-34)18-25(22)28-27(24(21)17-19)23-11-9-10-12-26(23)35-28/h9-18H,1-8H3. The van der Waals surface area contributed by atoms with Crippen LogP contribution < -0.4 is 10.9 Å². The van der Waals surface area contributed by atoms with Crippen molar-refractivity contribution < 1.29 is 23.0 Å². The van der Waals surface area contributed by atoms with Gasteiger partial charge in [0.2, 0.25) is 0 Å². The number of rotatable bonds is 2. The number of benzene rings is 4. The summed E-state index contributed by atoms with van der Waals surface area (Å²) >= 11 is 0. The second-order valence-corrected chi connectivity index (χ2v) is 13.1. The van der Waals surface area contributed by atoms with Crippen LogP contribution in [0.5, 0.6) is 0 Å². The van der Waals surface area contributed by atoms with E-state index in [0.29, 0.717) is 0 Å². The third kappa shape index (κ3) is 3.57. The predicted molar refractivity (Wildman–Crippen MR) is 160 cm³/mol. The maximum Gasteiger partial charge on any atom is 0.494 e. The fourth-order valence-corrected chi connectivity index (χ4v) is 5.74. The van der Waals surface area contributed by atoms with Crippen molar-refractivity contribution in [1.82, 2.24) is 0 Å². The van der Waals surface area contributed by atoms with E-state index in [0.717, 1.165) is 54.4 Å². The molecular formula is C32H34B2O5. The van der Waals surface area contributed by atoms with Crippen LogP contribution in [0.2, 0.25) is 0 Å². The number of para-hydroxylation sites is 1. The van der Waals surface area contributed by atoms with Gasteiger partial charge in [0.25, 0.3) is 0 Å². The van der Waals surface area contributed by atoms with E-state index in [1.807, 2.05) is 12.1 Å². The highest BCUT2D eigenvalue weighted by Crippen LogP contribution is 2.42. The van der Waals surface area contributed by atoms with Gasteiger partial charge in [-0.1, -0.05) is 54.6 Å². The Hall–Kier alpha value is -2.83. The van der Waals surface area contributed by atoms with Gasteiger partial charge in [0.15, 0.2) is 0 Å². The SMILES string of the molecule is CC1(C)OB(c2ccc3c4ccc(B5OC(C)(C)C(C)(C)O5)cc4c4c5ccccc5oc4c3c2)OC1(C)C. The lowest BCUT2D eigenvalue weighted by atomic mass is 9.76. The summed E-state index contributed by atoms with van der Waals surface area (Å²) in [5.74, 6) is 0. The molecule has 2 aliphatic heterocycles. The third-order valence-corrected chi connectivity index (χ3v) is 9.54. The van der Waals surface area contributed by atoms with Crippen LogP contribution >= 0.6 is 0 Å². The third-order valence-electron chi connectivity index (χ3n) is 9.54. The molecule has 7 rings (SSSR count). The highest BCUT2D eigenvalue weighted by molar-refractivity contribution is 6.63. The van der Waals surface area contributed by atoms with Crippen molar-refractivity contribution in [2.45, 2.75) is 77.8 Å². The Morgan fingerprint density at radius 2 is 0.949 bits per heavy atom. The first-order valence-electron chi connectivity index (χ1n) is 13.8. The van der Waals surface area contributed by atoms with E-state index in [9.17, 15) is 0 Å². The predicted octanol–water partition coefficient (Wildman–Crippen LogP) is 6.49. The Labute approximate surface area is 230 Å². The van der Waals surface area contributed by atoms with Crippen LogP contribution in [0.15, 0.2) is 65.1 Å². The summed E-state index contributed by atoms with van der Waals surface area (Å²) < 4.78 is 32.1. The molecule has 39 heavy (non-hydrogen) atoms. The maximum atomic E-state index is 6.56. The van der Waals surface area contributed by atoms with Crippen LogP contribution in [0.4, 0.5) is 0 Å². The van der Waals surface area contributed by atoms with Crippen LogP contribution in [0.1, 0.15) is 55.4 Å². The van der Waals surface area contributed by atoms with Gasteiger partial charge in [-0.15, -0.1) is 0 Å². The van der Waals surface area contributed by atoms with E-state index in [2.05, 4.69) is 104 Å². The number of furan rings is 1. The van der Waals surface area contributed by atoms with Gasteiger partial charge in [-0.05, 0) is 88.5 Å². The molecule has 5 aromatic rings. The van der Waals surface area contributed by atoms with Crippen LogP contribution in [0.3, 0.4) is 0 Å². The number of hydrogen-bond donors (Lipinski definition) is 0. The van der Waals surface area contributed by atoms with Crippen molar-refractivity contribution >= 4 is 68.6 Å². The molecule has 0 saturated carbocycles. The molecule has 198 valence electrons. The fraction of sp³-hybridized carbons (Fsp3) is 0.375. The summed E-state index contributed by atoms with van der Waals surface area (Å²) in [6, 6.07) is 21.2. The summed E-state index contributed by atoms with van der Waals surface area (Å²) in [4.78, 5) is 0. The van der Waals surface area contributed by atoms with Gasteiger partial charge in [-0.2, -0.15) is 0 Å². The molecule has 0 aliphatic carbocycles. The van der Waals surface area contributed by atoms with Crippen LogP contribution in [0, 0.1) is 0 Å². The molecule has 7 heteroatoms. The van der Waals surface area contributed by atoms with E-state index in [1.54, 1.807) is 0 Å². The van der Waals surface area contributed by atoms with Gasteiger partial charge in [0.05, 0.1) is 22.4 Å². The Morgan fingerprint density at radius 1 is 0.487 bits per heavy atom. The Kier molecular flexibility index (Phi) is 5.09. The van der Waals surface area contributed by atoms with Gasteiger partial charge < -0.3 is 23.0 Å². The normalized spacial score (nSPS) is 21.6. The van der Waals surface area contributed by atoms with Crippen molar-refractivity contribution in [3.63, 3.8) is 0 Å². The monoisotopic (exact) mass is 520 g/mol. The Balaban J connectivity index is 1.46. The summed E-state index contributed by atoms with van der Waals surface area (Å²) in [5, 5.41) is 6.63. The van der Waals surface area contributed by atoms with Gasteiger partial charge >= 0.3 is 14.2 Å². The highest BCUT2D eigenvalue weighted by atomic mass is 16.7. The molecule has 0 bridgehead atoms. The van der Waals surface area contributed by atoms with E-state index >= 15 is 0 Å². The van der Waals surface area contributed by atoms with Crippen molar-refractivity contribution in [1.29, 1.82) is 0 Å². The maximum absolute atomic E-state index is 6.56. The quantitative estimate of drug-likeness (QED) is 0.197. The molecule has 2 fully saturated rings. The van der Waals surface area contributed by atoms with Gasteiger partial charge in [0.1, 0.15) is 11.2 Å². The zero-order chi connectivity index (χ0) is 27.5. The second-order valence-electron chi connectivity index (χ2n) is 13.1. The second kappa shape index (κ2) is 7.88. The Bertz CT molecular complexity index is 1770. The average molecular weight is 520 g/mol. The van der Waals surface area contributed by atoms with Gasteiger partial charge in [0, 0.05) is 16.2 Å².